The number of aliphatic hydroxyl groups excluding tert-OH is 1. The number of aromatic hydroxyl groups is 1. The minimum absolute atomic E-state index is 0.0765. The van der Waals surface area contributed by atoms with E-state index in [0.717, 1.165) is 18.9 Å². The zero-order valence-corrected chi connectivity index (χ0v) is 32.6. The number of carbonyl (C=O) groups is 5. The van der Waals surface area contributed by atoms with Gasteiger partial charge in [0.1, 0.15) is 11.9 Å². The summed E-state index contributed by atoms with van der Waals surface area (Å²) in [7, 11) is 2.91. The number of fused-ring (bicyclic) bond motifs is 2. The van der Waals surface area contributed by atoms with Gasteiger partial charge in [-0.05, 0) is 63.2 Å². The summed E-state index contributed by atoms with van der Waals surface area (Å²) >= 11 is 0. The van der Waals surface area contributed by atoms with Crippen molar-refractivity contribution in [2.75, 3.05) is 27.3 Å². The van der Waals surface area contributed by atoms with E-state index in [9.17, 15) is 34.2 Å². The molecular formula is C41H56N4O10. The van der Waals surface area contributed by atoms with Crippen molar-refractivity contribution in [1.82, 2.24) is 16.0 Å². The van der Waals surface area contributed by atoms with Crippen molar-refractivity contribution in [3.63, 3.8) is 0 Å². The van der Waals surface area contributed by atoms with Crippen LogP contribution in [0.5, 0.6) is 5.75 Å². The molecule has 14 heteroatoms. The number of nitrogens with two attached hydrogens (primary N) is 1. The van der Waals surface area contributed by atoms with Crippen LogP contribution >= 0.6 is 0 Å². The summed E-state index contributed by atoms with van der Waals surface area (Å²) in [4.78, 5) is 64.8. The number of para-hydroxylation sites is 1. The van der Waals surface area contributed by atoms with Crippen LogP contribution < -0.4 is 21.7 Å². The number of ether oxygens (including phenoxy) is 3. The number of ketones is 2. The van der Waals surface area contributed by atoms with Gasteiger partial charge in [0.25, 0.3) is 11.8 Å². The van der Waals surface area contributed by atoms with Gasteiger partial charge in [-0.1, -0.05) is 63.1 Å². The number of nitrogens with one attached hydrogen (secondary N) is 3. The van der Waals surface area contributed by atoms with Gasteiger partial charge in [0.2, 0.25) is 11.6 Å². The van der Waals surface area contributed by atoms with Crippen molar-refractivity contribution < 1.29 is 48.4 Å². The number of hydrogen-bond acceptors (Lipinski definition) is 11. The topological polar surface area (TPSA) is 216 Å². The van der Waals surface area contributed by atoms with Crippen molar-refractivity contribution in [1.29, 1.82) is 0 Å². The van der Waals surface area contributed by atoms with Crippen molar-refractivity contribution in [2.24, 2.45) is 17.6 Å². The first kappa shape index (κ1) is 44.3. The molecule has 0 saturated heterocycles. The molecule has 14 nitrogen and oxygen atoms in total. The van der Waals surface area contributed by atoms with Gasteiger partial charge in [-0.15, -0.1) is 0 Å². The summed E-state index contributed by atoms with van der Waals surface area (Å²) in [6.45, 7) is 7.81. The third kappa shape index (κ3) is 13.0. The number of rotatable bonds is 12. The zero-order valence-electron chi connectivity index (χ0n) is 32.6. The molecule has 0 unspecified atom stereocenters. The molecule has 0 saturated carbocycles. The number of methoxy groups -OCH3 is 2. The molecule has 55 heavy (non-hydrogen) atoms. The molecule has 0 fully saturated rings. The van der Waals surface area contributed by atoms with E-state index in [-0.39, 0.29) is 52.1 Å². The molecule has 1 aliphatic carbocycles. The Labute approximate surface area is 322 Å². The van der Waals surface area contributed by atoms with Crippen LogP contribution in [0, 0.1) is 11.8 Å². The molecule has 1 heterocycles. The van der Waals surface area contributed by atoms with Crippen LogP contribution in [0.4, 0.5) is 4.79 Å². The molecule has 2 bridgehead atoms. The summed E-state index contributed by atoms with van der Waals surface area (Å²) in [5, 5.41) is 29.8. The van der Waals surface area contributed by atoms with E-state index in [1.165, 1.54) is 26.4 Å². The Hall–Kier alpha value is -5.05. The second-order valence-corrected chi connectivity index (χ2v) is 14.0. The normalized spacial score (nSPS) is 26.8. The Bertz CT molecular complexity index is 1710. The van der Waals surface area contributed by atoms with Gasteiger partial charge in [0, 0.05) is 50.4 Å². The molecule has 1 aliphatic heterocycles. The van der Waals surface area contributed by atoms with Crippen LogP contribution in [0.25, 0.3) is 0 Å². The summed E-state index contributed by atoms with van der Waals surface area (Å²) in [5.74, 6) is -2.67. The van der Waals surface area contributed by atoms with Gasteiger partial charge in [-0.3, -0.25) is 19.2 Å². The lowest BCUT2D eigenvalue weighted by molar-refractivity contribution is -0.120. The molecule has 7 N–H and O–H groups in total. The fourth-order valence-corrected chi connectivity index (χ4v) is 6.56. The highest BCUT2D eigenvalue weighted by Crippen LogP contribution is 2.29. The monoisotopic (exact) mass is 764 g/mol. The van der Waals surface area contributed by atoms with Crippen molar-refractivity contribution in [3.05, 3.63) is 88.3 Å². The molecule has 3 rings (SSSR count). The van der Waals surface area contributed by atoms with E-state index in [2.05, 4.69) is 16.0 Å². The van der Waals surface area contributed by atoms with Crippen LogP contribution in [0.3, 0.4) is 0 Å². The maximum absolute atomic E-state index is 13.9. The Kier molecular flexibility index (Phi) is 17.5. The zero-order chi connectivity index (χ0) is 40.7. The predicted molar refractivity (Wildman–Crippen MR) is 206 cm³/mol. The summed E-state index contributed by atoms with van der Waals surface area (Å²) in [5.41, 5.74) is 6.64. The minimum Gasteiger partial charge on any atom is -0.507 e. The van der Waals surface area contributed by atoms with Crippen LogP contribution in [-0.2, 0) is 28.6 Å². The number of unbranched alkanes of at least 4 members (excludes halogenated alkanes) is 3. The van der Waals surface area contributed by atoms with E-state index >= 15 is 0 Å². The molecule has 0 spiro atoms. The lowest BCUT2D eigenvalue weighted by Gasteiger charge is -2.30. The summed E-state index contributed by atoms with van der Waals surface area (Å²) < 4.78 is 16.7. The number of benzene rings is 1. The number of carbonyl (C=O) groups excluding carboxylic acids is 5. The van der Waals surface area contributed by atoms with Gasteiger partial charge < -0.3 is 46.1 Å². The Morgan fingerprint density at radius 2 is 1.69 bits per heavy atom. The maximum atomic E-state index is 13.9. The number of primary amides is 1. The van der Waals surface area contributed by atoms with E-state index in [4.69, 9.17) is 19.9 Å². The smallest absolute Gasteiger partial charge is 0.405 e. The van der Waals surface area contributed by atoms with Gasteiger partial charge in [0.15, 0.2) is 6.10 Å². The first-order valence-electron chi connectivity index (χ1n) is 18.6. The minimum atomic E-state index is -1.01. The van der Waals surface area contributed by atoms with Gasteiger partial charge in [-0.2, -0.15) is 0 Å². The molecule has 0 aromatic heterocycles. The van der Waals surface area contributed by atoms with Gasteiger partial charge in [0.05, 0.1) is 29.2 Å². The van der Waals surface area contributed by atoms with E-state index < -0.39 is 53.9 Å². The van der Waals surface area contributed by atoms with Crippen LogP contribution in [0.1, 0.15) is 76.6 Å². The third-order valence-corrected chi connectivity index (χ3v) is 9.63. The number of amides is 3. The van der Waals surface area contributed by atoms with Crippen LogP contribution in [0.2, 0.25) is 0 Å². The highest BCUT2D eigenvalue weighted by molar-refractivity contribution is 6.23. The van der Waals surface area contributed by atoms with E-state index in [1.807, 2.05) is 6.92 Å². The molecule has 0 radical (unpaired) electrons. The Balaban J connectivity index is 1.80. The highest BCUT2D eigenvalue weighted by atomic mass is 16.6. The molecule has 6 atom stereocenters. The summed E-state index contributed by atoms with van der Waals surface area (Å²) in [6.07, 6.45) is 6.57. The van der Waals surface area contributed by atoms with Gasteiger partial charge in [-0.25, -0.2) is 4.79 Å². The van der Waals surface area contributed by atoms with Crippen LogP contribution in [-0.4, -0.2) is 91.4 Å². The number of Topliss-reactive ketones (excluding diaryl/α,β-unsaturated/α-hetero) is 1. The second kappa shape index (κ2) is 21.7. The fraction of sp³-hybridized carbons (Fsp3) is 0.488. The van der Waals surface area contributed by atoms with Crippen molar-refractivity contribution in [2.45, 2.75) is 90.6 Å². The molecular weight excluding hydrogens is 708 g/mol. The molecule has 1 aromatic carbocycles. The molecule has 2 aliphatic rings. The Morgan fingerprint density at radius 3 is 2.35 bits per heavy atom. The molecule has 1 aromatic rings. The average Bonchev–Trinajstić information content (AvgIpc) is 3.14. The molecule has 3 amide bonds. The lowest BCUT2D eigenvalue weighted by Crippen LogP contribution is -2.38. The number of hydrogen-bond donors (Lipinski definition) is 6. The third-order valence-electron chi connectivity index (χ3n) is 9.63. The lowest BCUT2D eigenvalue weighted by atomic mass is 9.85. The van der Waals surface area contributed by atoms with Crippen LogP contribution in [0.15, 0.2) is 82.8 Å². The average molecular weight is 765 g/mol. The van der Waals surface area contributed by atoms with E-state index in [0.29, 0.717) is 37.9 Å². The summed E-state index contributed by atoms with van der Waals surface area (Å²) in [6, 6.07) is 6.34. The number of allylic oxidation sites excluding steroid dienone is 4. The van der Waals surface area contributed by atoms with Crippen molar-refractivity contribution in [3.8, 4) is 5.75 Å². The first-order valence-corrected chi connectivity index (χ1v) is 18.6. The predicted octanol–water partition coefficient (Wildman–Crippen LogP) is 4.05. The number of phenolic OH excluding ortho intramolecular Hbond substituents is 1. The fourth-order valence-electron chi connectivity index (χ4n) is 6.56. The SMILES string of the molecule is CO[C@H]1/C=C\C=C(/C)C(=O)NC2=CC(=O)C(NCCCCCCNC(=O)c3ccccc3O)=C(C[C@@H](C)C[C@H](OC)[C@H](O)[C@@H](C)/C=C(\C)[C@@H]1OC(N)=O)C2=O. The Morgan fingerprint density at radius 1 is 1.00 bits per heavy atom. The number of phenols is 1. The quantitative estimate of drug-likeness (QED) is 0.101. The standard InChI is InChI=1S/C41H56N4O10/c1-24-20-29-35(43-18-11-7-8-12-19-44-40(51)28-15-9-10-16-31(28)46)32(47)23-30(37(29)49)45-39(50)25(2)14-13-17-33(53-5)38(55-41(42)52)27(4)22-26(3)36(48)34(21-24)54-6/h9-10,13-17,22-24,26,33-34,36,38,43,46,48H,7-8,11-12,18-21H2,1-6H3,(H2,42,52)(H,44,51)(H,45,50)/b17-13-,25-14+,27-22+/t24-,26+,33+,34+,36-,38+/m1/s1. The largest absolute Gasteiger partial charge is 0.507 e. The number of aliphatic hydroxyl groups is 1. The second-order valence-electron chi connectivity index (χ2n) is 14.0. The van der Waals surface area contributed by atoms with Crippen molar-refractivity contribution >= 4 is 29.5 Å². The molecule has 300 valence electrons. The van der Waals surface area contributed by atoms with Gasteiger partial charge >= 0.3 is 6.09 Å². The van der Waals surface area contributed by atoms with E-state index in [1.54, 1.807) is 57.2 Å². The maximum Gasteiger partial charge on any atom is 0.405 e. The highest BCUT2D eigenvalue weighted by Gasteiger charge is 2.33. The first-order chi connectivity index (χ1) is 26.2.